The lowest BCUT2D eigenvalue weighted by Crippen LogP contribution is -2.40. The van der Waals surface area contributed by atoms with Crippen LogP contribution in [0.2, 0.25) is 0 Å². The number of carbonyl (C=O) groups excluding carboxylic acids is 1. The van der Waals surface area contributed by atoms with Crippen molar-refractivity contribution >= 4 is 27.7 Å². The Hall–Kier alpha value is -2.48. The normalized spacial score (nSPS) is 15.7. The van der Waals surface area contributed by atoms with E-state index in [1.807, 2.05) is 31.2 Å². The number of carbonyl (C=O) groups is 1. The molecule has 1 N–H and O–H groups in total. The van der Waals surface area contributed by atoms with Crippen LogP contribution in [0.1, 0.15) is 11.1 Å². The van der Waals surface area contributed by atoms with Gasteiger partial charge >= 0.3 is 0 Å². The Kier molecular flexibility index (Phi) is 6.05. The Morgan fingerprint density at radius 2 is 1.67 bits per heavy atom. The Bertz CT molecular complexity index is 913. The highest BCUT2D eigenvalue weighted by Gasteiger charge is 2.25. The summed E-state index contributed by atoms with van der Waals surface area (Å²) in [5.41, 5.74) is 2.59. The molecule has 1 heterocycles. The summed E-state index contributed by atoms with van der Waals surface area (Å²) in [6.45, 7) is 3.53. The molecule has 1 aliphatic heterocycles. The summed E-state index contributed by atoms with van der Waals surface area (Å²) in [7, 11) is -3.50. The van der Waals surface area contributed by atoms with E-state index < -0.39 is 10.0 Å². The van der Waals surface area contributed by atoms with E-state index in [1.165, 1.54) is 10.4 Å². The summed E-state index contributed by atoms with van der Waals surface area (Å²) in [4.78, 5) is 12.2. The summed E-state index contributed by atoms with van der Waals surface area (Å²) in [5.74, 6) is -0.246. The minimum absolute atomic E-state index is 0.241. The zero-order valence-electron chi connectivity index (χ0n) is 15.1. The van der Waals surface area contributed by atoms with Crippen LogP contribution in [0, 0.1) is 6.92 Å². The smallest absolute Gasteiger partial charge is 0.248 e. The van der Waals surface area contributed by atoms with Crippen molar-refractivity contribution in [3.05, 3.63) is 65.7 Å². The summed E-state index contributed by atoms with van der Waals surface area (Å²) in [5, 5.41) is 2.78. The molecule has 1 aliphatic rings. The maximum Gasteiger partial charge on any atom is 0.248 e. The predicted octanol–water partition coefficient (Wildman–Crippen LogP) is 2.67. The zero-order valence-corrected chi connectivity index (χ0v) is 15.9. The van der Waals surface area contributed by atoms with E-state index >= 15 is 0 Å². The molecule has 2 aromatic carbocycles. The van der Waals surface area contributed by atoms with Gasteiger partial charge in [0.05, 0.1) is 18.1 Å². The highest BCUT2D eigenvalue weighted by molar-refractivity contribution is 7.89. The van der Waals surface area contributed by atoms with Gasteiger partial charge in [-0.15, -0.1) is 0 Å². The van der Waals surface area contributed by atoms with E-state index in [4.69, 9.17) is 4.74 Å². The van der Waals surface area contributed by atoms with Crippen molar-refractivity contribution in [3.8, 4) is 0 Å². The van der Waals surface area contributed by atoms with E-state index in [0.717, 1.165) is 16.8 Å². The van der Waals surface area contributed by atoms with Crippen molar-refractivity contribution in [1.29, 1.82) is 0 Å². The minimum atomic E-state index is -3.50. The van der Waals surface area contributed by atoms with Crippen LogP contribution in [-0.2, 0) is 19.6 Å². The summed E-state index contributed by atoms with van der Waals surface area (Å²) >= 11 is 0. The van der Waals surface area contributed by atoms with Crippen LogP contribution >= 0.6 is 0 Å². The number of ether oxygens (including phenoxy) is 1. The topological polar surface area (TPSA) is 75.7 Å². The van der Waals surface area contributed by atoms with Crippen LogP contribution in [0.5, 0.6) is 0 Å². The molecule has 0 atom stereocenters. The number of benzene rings is 2. The summed E-state index contributed by atoms with van der Waals surface area (Å²) in [6, 6.07) is 14.0. The lowest BCUT2D eigenvalue weighted by atomic mass is 10.2. The number of morpholine rings is 1. The molecule has 0 aliphatic carbocycles. The molecular formula is C20H22N2O4S. The molecule has 7 heteroatoms. The second-order valence-electron chi connectivity index (χ2n) is 6.27. The van der Waals surface area contributed by atoms with Gasteiger partial charge in [0.25, 0.3) is 0 Å². The second kappa shape index (κ2) is 8.47. The first-order valence-corrected chi connectivity index (χ1v) is 10.1. The van der Waals surface area contributed by atoms with Crippen molar-refractivity contribution in [2.45, 2.75) is 11.8 Å². The van der Waals surface area contributed by atoms with E-state index in [2.05, 4.69) is 5.32 Å². The van der Waals surface area contributed by atoms with Crippen LogP contribution in [0.15, 0.2) is 59.5 Å². The number of sulfonamides is 1. The fraction of sp³-hybridized carbons (Fsp3) is 0.250. The van der Waals surface area contributed by atoms with Crippen molar-refractivity contribution in [3.63, 3.8) is 0 Å². The molecule has 0 spiro atoms. The van der Waals surface area contributed by atoms with Crippen LogP contribution in [0.25, 0.3) is 6.08 Å². The number of amides is 1. The number of rotatable bonds is 5. The van der Waals surface area contributed by atoms with Crippen LogP contribution in [0.4, 0.5) is 5.69 Å². The van der Waals surface area contributed by atoms with Crippen molar-refractivity contribution < 1.29 is 17.9 Å². The number of anilines is 1. The molecule has 3 rings (SSSR count). The lowest BCUT2D eigenvalue weighted by Gasteiger charge is -2.26. The Balaban J connectivity index is 1.63. The molecule has 0 saturated carbocycles. The van der Waals surface area contributed by atoms with E-state index in [9.17, 15) is 13.2 Å². The van der Waals surface area contributed by atoms with Gasteiger partial charge in [-0.25, -0.2) is 8.42 Å². The Labute approximate surface area is 159 Å². The summed E-state index contributed by atoms with van der Waals surface area (Å²) in [6.07, 6.45) is 3.07. The van der Waals surface area contributed by atoms with Crippen molar-refractivity contribution in [1.82, 2.24) is 4.31 Å². The highest BCUT2D eigenvalue weighted by atomic mass is 32.2. The van der Waals surface area contributed by atoms with Gasteiger partial charge in [-0.2, -0.15) is 4.31 Å². The average molecular weight is 386 g/mol. The molecule has 1 amide bonds. The van der Waals surface area contributed by atoms with Crippen LogP contribution < -0.4 is 5.32 Å². The van der Waals surface area contributed by atoms with Crippen molar-refractivity contribution in [2.24, 2.45) is 0 Å². The largest absolute Gasteiger partial charge is 0.379 e. The summed E-state index contributed by atoms with van der Waals surface area (Å²) < 4.78 is 31.8. The highest BCUT2D eigenvalue weighted by Crippen LogP contribution is 2.18. The third-order valence-electron chi connectivity index (χ3n) is 4.23. The number of hydrogen-bond acceptors (Lipinski definition) is 4. The fourth-order valence-electron chi connectivity index (χ4n) is 2.68. The average Bonchev–Trinajstić information content (AvgIpc) is 2.69. The van der Waals surface area contributed by atoms with Gasteiger partial charge < -0.3 is 10.1 Å². The number of nitrogens with zero attached hydrogens (tertiary/aromatic N) is 1. The Morgan fingerprint density at radius 1 is 1.04 bits per heavy atom. The van der Waals surface area contributed by atoms with Gasteiger partial charge in [0, 0.05) is 24.9 Å². The first-order chi connectivity index (χ1) is 12.9. The maximum absolute atomic E-state index is 12.6. The first-order valence-electron chi connectivity index (χ1n) is 8.69. The quantitative estimate of drug-likeness (QED) is 0.802. The van der Waals surface area contributed by atoms with Crippen LogP contribution in [0.3, 0.4) is 0 Å². The number of nitrogens with one attached hydrogen (secondary N) is 1. The zero-order chi connectivity index (χ0) is 19.3. The van der Waals surface area contributed by atoms with Crippen molar-refractivity contribution in [2.75, 3.05) is 31.6 Å². The van der Waals surface area contributed by atoms with E-state index in [-0.39, 0.29) is 10.8 Å². The third kappa shape index (κ3) is 5.03. The van der Waals surface area contributed by atoms with Gasteiger partial charge in [0.15, 0.2) is 0 Å². The van der Waals surface area contributed by atoms with Gasteiger partial charge in [-0.05, 0) is 42.8 Å². The van der Waals surface area contributed by atoms with Gasteiger partial charge in [0.2, 0.25) is 15.9 Å². The second-order valence-corrected chi connectivity index (χ2v) is 8.21. The molecule has 2 aromatic rings. The van der Waals surface area contributed by atoms with E-state index in [0.29, 0.717) is 26.3 Å². The molecule has 0 unspecified atom stereocenters. The van der Waals surface area contributed by atoms with Gasteiger partial charge in [-0.3, -0.25) is 4.79 Å². The minimum Gasteiger partial charge on any atom is -0.379 e. The molecule has 142 valence electrons. The maximum atomic E-state index is 12.6. The standard InChI is InChI=1S/C20H22N2O4S/c1-16-2-7-18(8-3-16)21-20(23)11-6-17-4-9-19(10-5-17)27(24,25)22-12-14-26-15-13-22/h2-11H,12-15H2,1H3,(H,21,23)/b11-6+. The SMILES string of the molecule is Cc1ccc(NC(=O)/C=C/c2ccc(S(=O)(=O)N3CCOCC3)cc2)cc1. The Morgan fingerprint density at radius 3 is 2.30 bits per heavy atom. The molecule has 1 saturated heterocycles. The number of hydrogen-bond donors (Lipinski definition) is 1. The third-order valence-corrected chi connectivity index (χ3v) is 6.15. The van der Waals surface area contributed by atoms with Crippen LogP contribution in [-0.4, -0.2) is 44.9 Å². The monoisotopic (exact) mass is 386 g/mol. The lowest BCUT2D eigenvalue weighted by molar-refractivity contribution is -0.111. The van der Waals surface area contributed by atoms with Gasteiger partial charge in [-0.1, -0.05) is 29.8 Å². The molecular weight excluding hydrogens is 364 g/mol. The fourth-order valence-corrected chi connectivity index (χ4v) is 4.09. The van der Waals surface area contributed by atoms with Gasteiger partial charge in [0.1, 0.15) is 0 Å². The molecule has 0 aromatic heterocycles. The molecule has 1 fully saturated rings. The van der Waals surface area contributed by atoms with E-state index in [1.54, 1.807) is 30.3 Å². The molecule has 27 heavy (non-hydrogen) atoms. The molecule has 0 bridgehead atoms. The molecule has 6 nitrogen and oxygen atoms in total. The first kappa shape index (κ1) is 19.3. The molecule has 0 radical (unpaired) electrons. The number of aryl methyl sites for hydroxylation is 1. The predicted molar refractivity (Wildman–Crippen MR) is 105 cm³/mol.